The van der Waals surface area contributed by atoms with E-state index in [-0.39, 0.29) is 17.6 Å². The highest BCUT2D eigenvalue weighted by atomic mass is 32.2. The van der Waals surface area contributed by atoms with E-state index in [0.29, 0.717) is 6.42 Å². The molecular weight excluding hydrogens is 420 g/mol. The van der Waals surface area contributed by atoms with Crippen LogP contribution in [-0.4, -0.2) is 28.7 Å². The van der Waals surface area contributed by atoms with Gasteiger partial charge in [-0.2, -0.15) is 0 Å². The Bertz CT molecular complexity index is 908. The maximum Gasteiger partial charge on any atom is 0.106 e. The number of hydrogen-bond acceptors (Lipinski definition) is 4. The van der Waals surface area contributed by atoms with Gasteiger partial charge < -0.3 is 9.84 Å². The van der Waals surface area contributed by atoms with Crippen molar-refractivity contribution in [1.82, 2.24) is 0 Å². The molecule has 2 aromatic rings. The predicted molar refractivity (Wildman–Crippen MR) is 132 cm³/mol. The highest BCUT2D eigenvalue weighted by molar-refractivity contribution is 7.99. The average molecular weight is 455 g/mol. The molecule has 1 saturated heterocycles. The van der Waals surface area contributed by atoms with Crippen molar-refractivity contribution < 1.29 is 9.84 Å². The van der Waals surface area contributed by atoms with Gasteiger partial charge in [0, 0.05) is 17.7 Å². The van der Waals surface area contributed by atoms with E-state index in [1.165, 1.54) is 71.4 Å². The molecular formula is C27H34O2S2. The number of rotatable bonds is 5. The van der Waals surface area contributed by atoms with Crippen molar-refractivity contribution in [1.29, 1.82) is 0 Å². The molecule has 0 bridgehead atoms. The zero-order valence-electron chi connectivity index (χ0n) is 18.5. The molecule has 0 spiro atoms. The summed E-state index contributed by atoms with van der Waals surface area (Å²) in [6.45, 7) is 0. The van der Waals surface area contributed by atoms with Crippen LogP contribution >= 0.6 is 23.5 Å². The van der Waals surface area contributed by atoms with Crippen LogP contribution < -0.4 is 0 Å². The first kappa shape index (κ1) is 21.9. The second-order valence-corrected chi connectivity index (χ2v) is 11.6. The molecule has 2 heterocycles. The zero-order chi connectivity index (χ0) is 21.2. The summed E-state index contributed by atoms with van der Waals surface area (Å²) in [6.07, 6.45) is 12.1. The summed E-state index contributed by atoms with van der Waals surface area (Å²) in [6, 6.07) is 14.2. The van der Waals surface area contributed by atoms with E-state index in [2.05, 4.69) is 42.7 Å². The lowest BCUT2D eigenvalue weighted by molar-refractivity contribution is -0.0605. The minimum atomic E-state index is -0.270. The van der Waals surface area contributed by atoms with Gasteiger partial charge in [-0.3, -0.25) is 0 Å². The highest BCUT2D eigenvalue weighted by Crippen LogP contribution is 2.41. The monoisotopic (exact) mass is 454 g/mol. The van der Waals surface area contributed by atoms with Crippen molar-refractivity contribution in [2.45, 2.75) is 86.2 Å². The van der Waals surface area contributed by atoms with E-state index in [9.17, 15) is 5.11 Å². The maximum atomic E-state index is 10.4. The summed E-state index contributed by atoms with van der Waals surface area (Å²) in [7, 11) is 0. The number of benzene rings is 2. The van der Waals surface area contributed by atoms with Gasteiger partial charge >= 0.3 is 0 Å². The number of fused-ring (bicyclic) bond motifs is 1. The molecule has 4 heteroatoms. The SMILES string of the molecule is CSC1CC(O)CC(c2ccc(C3CCC3)c(Cc3ccc4c(c3)CCCCS4)c2)O1. The number of aliphatic hydroxyl groups is 1. The number of aryl methyl sites for hydroxylation is 1. The fourth-order valence-electron chi connectivity index (χ4n) is 5.22. The molecule has 2 aliphatic heterocycles. The number of hydrogen-bond donors (Lipinski definition) is 1. The smallest absolute Gasteiger partial charge is 0.106 e. The third-order valence-corrected chi connectivity index (χ3v) is 9.26. The van der Waals surface area contributed by atoms with Gasteiger partial charge in [0.25, 0.3) is 0 Å². The Kier molecular flexibility index (Phi) is 6.99. The minimum Gasteiger partial charge on any atom is -0.393 e. The van der Waals surface area contributed by atoms with E-state index in [0.717, 1.165) is 18.8 Å². The molecule has 1 N–H and O–H groups in total. The molecule has 2 fully saturated rings. The molecule has 5 rings (SSSR count). The summed E-state index contributed by atoms with van der Waals surface area (Å²) in [5.74, 6) is 1.97. The van der Waals surface area contributed by atoms with Crippen molar-refractivity contribution >= 4 is 23.5 Å². The third-order valence-electron chi connectivity index (χ3n) is 7.23. The zero-order valence-corrected chi connectivity index (χ0v) is 20.1. The highest BCUT2D eigenvalue weighted by Gasteiger charge is 2.30. The number of thioether (sulfide) groups is 2. The molecule has 3 unspecified atom stereocenters. The van der Waals surface area contributed by atoms with Gasteiger partial charge in [-0.05, 0) is 90.3 Å². The van der Waals surface area contributed by atoms with Crippen molar-refractivity contribution in [3.05, 3.63) is 64.2 Å². The molecule has 0 amide bonds. The normalized spacial score (nSPS) is 26.7. The summed E-state index contributed by atoms with van der Waals surface area (Å²) in [4.78, 5) is 1.49. The molecule has 0 aromatic heterocycles. The van der Waals surface area contributed by atoms with Crippen LogP contribution in [0.15, 0.2) is 41.3 Å². The summed E-state index contributed by atoms with van der Waals surface area (Å²) >= 11 is 3.73. The van der Waals surface area contributed by atoms with E-state index in [1.54, 1.807) is 17.3 Å². The number of ether oxygens (including phenoxy) is 1. The molecule has 3 aliphatic rings. The van der Waals surface area contributed by atoms with Gasteiger partial charge in [0.05, 0.1) is 12.2 Å². The van der Waals surface area contributed by atoms with Crippen molar-refractivity contribution in [3.63, 3.8) is 0 Å². The van der Waals surface area contributed by atoms with E-state index < -0.39 is 0 Å². The van der Waals surface area contributed by atoms with Gasteiger partial charge in [-0.25, -0.2) is 0 Å². The van der Waals surface area contributed by atoms with Gasteiger partial charge in [0.1, 0.15) is 5.44 Å². The fraction of sp³-hybridized carbons (Fsp3) is 0.556. The van der Waals surface area contributed by atoms with Crippen LogP contribution in [0.25, 0.3) is 0 Å². The van der Waals surface area contributed by atoms with Crippen LogP contribution in [0.2, 0.25) is 0 Å². The Labute approximate surface area is 195 Å². The van der Waals surface area contributed by atoms with Crippen molar-refractivity contribution in [2.75, 3.05) is 12.0 Å². The standard InChI is InChI=1S/C27H34O2S2/c1-30-27-17-23(28)16-25(29-27)20-9-10-24(19-6-4-7-19)22(15-20)14-18-8-11-26-21(13-18)5-2-3-12-31-26/h8-11,13,15,19,23,25,27-28H,2-7,12,14,16-17H2,1H3. The van der Waals surface area contributed by atoms with E-state index in [1.807, 2.05) is 11.8 Å². The first-order valence-electron chi connectivity index (χ1n) is 11.9. The fourth-order valence-corrected chi connectivity index (χ4v) is 6.96. The Balaban J connectivity index is 1.43. The predicted octanol–water partition coefficient (Wildman–Crippen LogP) is 6.87. The summed E-state index contributed by atoms with van der Waals surface area (Å²) in [5, 5.41) is 10.4. The maximum absolute atomic E-state index is 10.4. The second kappa shape index (κ2) is 9.91. The molecule has 1 aliphatic carbocycles. The Morgan fingerprint density at radius 2 is 1.97 bits per heavy atom. The van der Waals surface area contributed by atoms with E-state index in [4.69, 9.17) is 4.74 Å². The lowest BCUT2D eigenvalue weighted by Crippen LogP contribution is -2.29. The first-order valence-corrected chi connectivity index (χ1v) is 14.2. The van der Waals surface area contributed by atoms with Crippen LogP contribution in [-0.2, 0) is 17.6 Å². The Hall–Kier alpha value is -0.940. The topological polar surface area (TPSA) is 29.5 Å². The van der Waals surface area contributed by atoms with Gasteiger partial charge in [0.2, 0.25) is 0 Å². The third kappa shape index (κ3) is 5.03. The van der Waals surface area contributed by atoms with Crippen LogP contribution in [0.3, 0.4) is 0 Å². The number of aliphatic hydroxyl groups excluding tert-OH is 1. The van der Waals surface area contributed by atoms with Crippen molar-refractivity contribution in [2.24, 2.45) is 0 Å². The van der Waals surface area contributed by atoms with Crippen LogP contribution in [0.5, 0.6) is 0 Å². The molecule has 3 atom stereocenters. The molecule has 31 heavy (non-hydrogen) atoms. The molecule has 166 valence electrons. The van der Waals surface area contributed by atoms with Crippen LogP contribution in [0.1, 0.15) is 84.8 Å². The molecule has 2 aromatic carbocycles. The summed E-state index contributed by atoms with van der Waals surface area (Å²) < 4.78 is 6.33. The van der Waals surface area contributed by atoms with Gasteiger partial charge in [0.15, 0.2) is 0 Å². The quantitative estimate of drug-likeness (QED) is 0.533. The van der Waals surface area contributed by atoms with Gasteiger partial charge in [-0.15, -0.1) is 23.5 Å². The molecule has 2 nitrogen and oxygen atoms in total. The van der Waals surface area contributed by atoms with Gasteiger partial charge in [-0.1, -0.05) is 36.8 Å². The lowest BCUT2D eigenvalue weighted by atomic mass is 9.76. The van der Waals surface area contributed by atoms with Crippen molar-refractivity contribution in [3.8, 4) is 0 Å². The second-order valence-electron chi connectivity index (χ2n) is 9.43. The molecule has 0 radical (unpaired) electrons. The summed E-state index contributed by atoms with van der Waals surface area (Å²) in [5.41, 5.74) is 7.31. The Morgan fingerprint density at radius 3 is 2.77 bits per heavy atom. The lowest BCUT2D eigenvalue weighted by Gasteiger charge is -2.34. The minimum absolute atomic E-state index is 0.00108. The van der Waals surface area contributed by atoms with Crippen LogP contribution in [0.4, 0.5) is 0 Å². The van der Waals surface area contributed by atoms with E-state index >= 15 is 0 Å². The average Bonchev–Trinajstić information content (AvgIpc) is 2.98. The van der Waals surface area contributed by atoms with Crippen LogP contribution in [0, 0.1) is 0 Å². The first-order chi connectivity index (χ1) is 15.2. The molecule has 1 saturated carbocycles. The largest absolute Gasteiger partial charge is 0.393 e. The Morgan fingerprint density at radius 1 is 1.06 bits per heavy atom.